The highest BCUT2D eigenvalue weighted by atomic mass is 15.0. The second-order valence-corrected chi connectivity index (χ2v) is 11.6. The van der Waals surface area contributed by atoms with Crippen LogP contribution in [-0.2, 0) is 6.42 Å². The molecule has 0 saturated carbocycles. The smallest absolute Gasteiger partial charge is 0.163 e. The molecule has 1 aromatic heterocycles. The monoisotopic (exact) mass is 589 g/mol. The van der Waals surface area contributed by atoms with Gasteiger partial charge in [0, 0.05) is 17.5 Å². The molecule has 218 valence electrons. The number of hydrogen-bond donors (Lipinski definition) is 0. The van der Waals surface area contributed by atoms with Gasteiger partial charge in [-0.25, -0.2) is 15.0 Å². The lowest BCUT2D eigenvalue weighted by Crippen LogP contribution is -2.02. The van der Waals surface area contributed by atoms with Gasteiger partial charge in [0.25, 0.3) is 0 Å². The number of aryl methyl sites for hydroxylation is 1. The molecule has 0 bridgehead atoms. The van der Waals surface area contributed by atoms with Gasteiger partial charge in [0.15, 0.2) is 11.6 Å². The van der Waals surface area contributed by atoms with Crippen molar-refractivity contribution in [2.75, 3.05) is 0 Å². The zero-order valence-electron chi connectivity index (χ0n) is 25.6. The van der Waals surface area contributed by atoms with Crippen LogP contribution in [0.2, 0.25) is 0 Å². The average Bonchev–Trinajstić information content (AvgIpc) is 3.14. The number of nitrogens with zero attached hydrogens (tertiary/aromatic N) is 3. The van der Waals surface area contributed by atoms with E-state index < -0.39 is 0 Å². The Morgan fingerprint density at radius 1 is 0.370 bits per heavy atom. The highest BCUT2D eigenvalue weighted by molar-refractivity contribution is 5.99. The molecule has 0 aliphatic rings. The molecule has 0 aliphatic carbocycles. The van der Waals surface area contributed by atoms with Crippen LogP contribution >= 0.6 is 0 Å². The van der Waals surface area contributed by atoms with E-state index in [0.29, 0.717) is 11.6 Å². The molecule has 3 heteroatoms. The molecule has 0 spiro atoms. The van der Waals surface area contributed by atoms with Crippen molar-refractivity contribution in [1.82, 2.24) is 15.0 Å². The molecule has 8 rings (SSSR count). The van der Waals surface area contributed by atoms with Crippen LogP contribution in [0, 0.1) is 0 Å². The van der Waals surface area contributed by atoms with E-state index in [9.17, 15) is 0 Å². The molecule has 7 aromatic carbocycles. The first-order valence-corrected chi connectivity index (χ1v) is 15.8. The first-order chi connectivity index (χ1) is 22.7. The highest BCUT2D eigenvalue weighted by Gasteiger charge is 2.13. The Morgan fingerprint density at radius 2 is 0.891 bits per heavy atom. The van der Waals surface area contributed by atoms with Crippen molar-refractivity contribution < 1.29 is 0 Å². The molecule has 8 aromatic rings. The van der Waals surface area contributed by atoms with Crippen LogP contribution in [0.3, 0.4) is 0 Å². The predicted octanol–water partition coefficient (Wildman–Crippen LogP) is 11.1. The van der Waals surface area contributed by atoms with E-state index in [1.807, 2.05) is 6.07 Å². The van der Waals surface area contributed by atoms with Crippen molar-refractivity contribution in [1.29, 1.82) is 0 Å². The SMILES string of the molecule is CCc1nc(-c2cccc(-c3cccc4ccc(-c5ccccc5)cc34)c2)nc(-c2ccc3cc(-c4ccccc4)ccc3c2)n1. The zero-order valence-corrected chi connectivity index (χ0v) is 25.6. The van der Waals surface area contributed by atoms with Crippen molar-refractivity contribution in [3.8, 4) is 56.2 Å². The number of rotatable bonds is 6. The molecular weight excluding hydrogens is 558 g/mol. The maximum Gasteiger partial charge on any atom is 0.163 e. The van der Waals surface area contributed by atoms with E-state index in [0.717, 1.165) is 34.3 Å². The first-order valence-electron chi connectivity index (χ1n) is 15.8. The number of aromatic nitrogens is 3. The van der Waals surface area contributed by atoms with Crippen LogP contribution in [0.4, 0.5) is 0 Å². The Bertz CT molecular complexity index is 2340. The second kappa shape index (κ2) is 11.9. The molecular formula is C43H31N3. The summed E-state index contributed by atoms with van der Waals surface area (Å²) in [5.74, 6) is 2.16. The van der Waals surface area contributed by atoms with Crippen molar-refractivity contribution in [2.45, 2.75) is 13.3 Å². The van der Waals surface area contributed by atoms with Crippen LogP contribution in [-0.4, -0.2) is 15.0 Å². The van der Waals surface area contributed by atoms with Crippen molar-refractivity contribution in [3.63, 3.8) is 0 Å². The lowest BCUT2D eigenvalue weighted by atomic mass is 9.94. The van der Waals surface area contributed by atoms with E-state index in [1.165, 1.54) is 44.0 Å². The largest absolute Gasteiger partial charge is 0.213 e. The Balaban J connectivity index is 1.18. The number of fused-ring (bicyclic) bond motifs is 2. The summed E-state index contributed by atoms with van der Waals surface area (Å²) >= 11 is 0. The summed E-state index contributed by atoms with van der Waals surface area (Å²) in [6.07, 6.45) is 0.724. The van der Waals surface area contributed by atoms with Gasteiger partial charge in [0.2, 0.25) is 0 Å². The molecule has 0 saturated heterocycles. The van der Waals surface area contributed by atoms with Crippen LogP contribution in [0.25, 0.3) is 77.7 Å². The molecule has 3 nitrogen and oxygen atoms in total. The molecule has 1 heterocycles. The summed E-state index contributed by atoms with van der Waals surface area (Å²) in [7, 11) is 0. The Hall–Kier alpha value is -5.93. The molecule has 0 N–H and O–H groups in total. The summed E-state index contributed by atoms with van der Waals surface area (Å²) in [6.45, 7) is 2.09. The minimum Gasteiger partial charge on any atom is -0.213 e. The molecule has 0 amide bonds. The first kappa shape index (κ1) is 27.6. The van der Waals surface area contributed by atoms with Gasteiger partial charge in [-0.1, -0.05) is 140 Å². The van der Waals surface area contributed by atoms with Gasteiger partial charge in [-0.05, 0) is 79.2 Å². The van der Waals surface area contributed by atoms with E-state index in [-0.39, 0.29) is 0 Å². The minimum atomic E-state index is 0.688. The lowest BCUT2D eigenvalue weighted by molar-refractivity contribution is 0.910. The Morgan fingerprint density at radius 3 is 1.57 bits per heavy atom. The zero-order chi connectivity index (χ0) is 30.9. The molecule has 46 heavy (non-hydrogen) atoms. The fraction of sp³-hybridized carbons (Fsp3) is 0.0465. The fourth-order valence-electron chi connectivity index (χ4n) is 6.19. The molecule has 0 atom stereocenters. The summed E-state index contributed by atoms with van der Waals surface area (Å²) in [5, 5.41) is 4.78. The maximum absolute atomic E-state index is 5.02. The van der Waals surface area contributed by atoms with Gasteiger partial charge in [-0.15, -0.1) is 0 Å². The van der Waals surface area contributed by atoms with Gasteiger partial charge in [-0.3, -0.25) is 0 Å². The minimum absolute atomic E-state index is 0.688. The van der Waals surface area contributed by atoms with E-state index in [1.54, 1.807) is 0 Å². The third-order valence-electron chi connectivity index (χ3n) is 8.62. The highest BCUT2D eigenvalue weighted by Crippen LogP contribution is 2.34. The fourth-order valence-corrected chi connectivity index (χ4v) is 6.19. The van der Waals surface area contributed by atoms with Crippen molar-refractivity contribution in [2.24, 2.45) is 0 Å². The normalized spacial score (nSPS) is 11.2. The van der Waals surface area contributed by atoms with Gasteiger partial charge >= 0.3 is 0 Å². The van der Waals surface area contributed by atoms with Gasteiger partial charge in [-0.2, -0.15) is 0 Å². The Kier molecular flexibility index (Phi) is 7.12. The third kappa shape index (κ3) is 5.33. The summed E-state index contributed by atoms with van der Waals surface area (Å²) in [4.78, 5) is 14.8. The molecule has 0 radical (unpaired) electrons. The number of benzene rings is 7. The number of hydrogen-bond acceptors (Lipinski definition) is 3. The quantitative estimate of drug-likeness (QED) is 0.194. The standard InChI is InChI=1S/C43H31N3/c1-2-41-44-42(46-43(45-41)38-24-23-33-25-32(21-22-34(33)26-38)29-11-5-3-6-12-29)37-17-9-16-36(27-37)39-18-10-15-31-19-20-35(28-40(31)39)30-13-7-4-8-14-30/h3-28H,2H2,1H3. The maximum atomic E-state index is 5.02. The third-order valence-corrected chi connectivity index (χ3v) is 8.62. The molecule has 0 aliphatic heterocycles. The summed E-state index contributed by atoms with van der Waals surface area (Å²) in [5.41, 5.74) is 9.11. The average molecular weight is 590 g/mol. The van der Waals surface area contributed by atoms with Gasteiger partial charge in [0.1, 0.15) is 5.82 Å². The van der Waals surface area contributed by atoms with Crippen molar-refractivity contribution in [3.05, 3.63) is 164 Å². The predicted molar refractivity (Wildman–Crippen MR) is 191 cm³/mol. The molecule has 0 fully saturated rings. The van der Waals surface area contributed by atoms with Crippen LogP contribution in [0.1, 0.15) is 12.7 Å². The second-order valence-electron chi connectivity index (χ2n) is 11.6. The summed E-state index contributed by atoms with van der Waals surface area (Å²) < 4.78 is 0. The van der Waals surface area contributed by atoms with Gasteiger partial charge in [0.05, 0.1) is 0 Å². The van der Waals surface area contributed by atoms with Gasteiger partial charge < -0.3 is 0 Å². The van der Waals surface area contributed by atoms with Crippen LogP contribution in [0.15, 0.2) is 158 Å². The summed E-state index contributed by atoms with van der Waals surface area (Å²) in [6, 6.07) is 55.9. The van der Waals surface area contributed by atoms with E-state index in [4.69, 9.17) is 15.0 Å². The molecule has 0 unspecified atom stereocenters. The van der Waals surface area contributed by atoms with Crippen LogP contribution < -0.4 is 0 Å². The Labute approximate surface area is 268 Å². The van der Waals surface area contributed by atoms with Crippen LogP contribution in [0.5, 0.6) is 0 Å². The van der Waals surface area contributed by atoms with Crippen molar-refractivity contribution >= 4 is 21.5 Å². The lowest BCUT2D eigenvalue weighted by Gasteiger charge is -2.12. The topological polar surface area (TPSA) is 38.7 Å². The van der Waals surface area contributed by atoms with E-state index in [2.05, 4.69) is 159 Å². The van der Waals surface area contributed by atoms with E-state index >= 15 is 0 Å².